The first kappa shape index (κ1) is 19.9. The van der Waals surface area contributed by atoms with Crippen molar-refractivity contribution in [3.8, 4) is 5.75 Å². The average Bonchev–Trinajstić information content (AvgIpc) is 3.20. The Morgan fingerprint density at radius 3 is 2.10 bits per heavy atom. The zero-order valence-corrected chi connectivity index (χ0v) is 17.6. The molecule has 5 heteroatoms. The van der Waals surface area contributed by atoms with E-state index in [2.05, 4.69) is 5.32 Å². The molecular weight excluding hydrogens is 378 g/mol. The number of nitrogens with one attached hydrogen (secondary N) is 1. The van der Waals surface area contributed by atoms with Crippen LogP contribution in [-0.2, 0) is 9.59 Å². The zero-order valence-electron chi connectivity index (χ0n) is 17.6. The Bertz CT molecular complexity index is 761. The van der Waals surface area contributed by atoms with E-state index in [1.165, 1.54) is 32.1 Å². The van der Waals surface area contributed by atoms with Gasteiger partial charge in [0, 0.05) is 17.8 Å². The van der Waals surface area contributed by atoms with Crippen LogP contribution in [0.15, 0.2) is 24.3 Å². The van der Waals surface area contributed by atoms with Crippen LogP contribution >= 0.6 is 0 Å². The second-order valence-electron chi connectivity index (χ2n) is 10.4. The van der Waals surface area contributed by atoms with E-state index in [1.54, 1.807) is 0 Å². The van der Waals surface area contributed by atoms with Gasteiger partial charge in [-0.05, 0) is 99.7 Å². The van der Waals surface area contributed by atoms with Crippen LogP contribution in [0.3, 0.4) is 0 Å². The summed E-state index contributed by atoms with van der Waals surface area (Å²) in [5.74, 6) is 1.75. The molecular formula is C25H32NO4-. The van der Waals surface area contributed by atoms with Crippen LogP contribution in [0, 0.1) is 23.2 Å². The lowest BCUT2D eigenvalue weighted by molar-refractivity contribution is -0.306. The number of hydrogen-bond donors (Lipinski definition) is 1. The number of carbonyl (C=O) groups excluding carboxylic acids is 2. The highest BCUT2D eigenvalue weighted by Crippen LogP contribution is 2.60. The van der Waals surface area contributed by atoms with Gasteiger partial charge in [0.25, 0.3) is 0 Å². The molecule has 0 spiro atoms. The highest BCUT2D eigenvalue weighted by atomic mass is 16.5. The third kappa shape index (κ3) is 3.95. The van der Waals surface area contributed by atoms with Crippen LogP contribution in [0.25, 0.3) is 0 Å². The highest BCUT2D eigenvalue weighted by Gasteiger charge is 2.54. The second-order valence-corrected chi connectivity index (χ2v) is 10.4. The standard InChI is InChI=1S/C25H33NO4/c27-23(28)12-22(19-5-7-21(8-6-19)30-20-3-1-2-4-20)26-24(29)25-13-16-9-17(14-25)11-18(10-16)15-25/h5-8,16-18,20,22H,1-4,9-15H2,(H,26,29)(H,27,28)/p-1/t16?,17?,18?,22-,25?/m1/s1. The molecule has 0 saturated heterocycles. The molecule has 1 aromatic rings. The van der Waals surface area contributed by atoms with Gasteiger partial charge in [-0.15, -0.1) is 0 Å². The predicted octanol–water partition coefficient (Wildman–Crippen LogP) is 3.52. The van der Waals surface area contributed by atoms with Gasteiger partial charge in [-0.3, -0.25) is 4.79 Å². The summed E-state index contributed by atoms with van der Waals surface area (Å²) in [5, 5.41) is 14.5. The maximum Gasteiger partial charge on any atom is 0.226 e. The molecule has 1 N–H and O–H groups in total. The molecule has 5 aliphatic carbocycles. The van der Waals surface area contributed by atoms with Crippen molar-refractivity contribution in [1.29, 1.82) is 0 Å². The quantitative estimate of drug-likeness (QED) is 0.746. The summed E-state index contributed by atoms with van der Waals surface area (Å²) in [6.45, 7) is 0. The summed E-state index contributed by atoms with van der Waals surface area (Å²) in [7, 11) is 0. The Labute approximate surface area is 178 Å². The number of ether oxygens (including phenoxy) is 1. The van der Waals surface area contributed by atoms with Crippen LogP contribution in [0.5, 0.6) is 5.75 Å². The van der Waals surface area contributed by atoms with Crippen molar-refractivity contribution in [3.05, 3.63) is 29.8 Å². The van der Waals surface area contributed by atoms with Crippen molar-refractivity contribution in [2.75, 3.05) is 0 Å². The minimum Gasteiger partial charge on any atom is -0.550 e. The Hall–Kier alpha value is -2.04. The van der Waals surface area contributed by atoms with Gasteiger partial charge < -0.3 is 20.0 Å². The molecule has 1 aromatic carbocycles. The molecule has 0 aliphatic heterocycles. The van der Waals surface area contributed by atoms with Crippen LogP contribution in [0.1, 0.15) is 82.2 Å². The highest BCUT2D eigenvalue weighted by molar-refractivity contribution is 5.84. The molecule has 4 bridgehead atoms. The van der Waals surface area contributed by atoms with Gasteiger partial charge in [0.15, 0.2) is 0 Å². The Morgan fingerprint density at radius 1 is 1.00 bits per heavy atom. The van der Waals surface area contributed by atoms with Crippen LogP contribution in [0.2, 0.25) is 0 Å². The minimum atomic E-state index is -1.14. The van der Waals surface area contributed by atoms with Gasteiger partial charge in [0.1, 0.15) is 5.75 Å². The lowest BCUT2D eigenvalue weighted by Crippen LogP contribution is -2.54. The number of carboxylic acid groups (broad SMARTS) is 1. The number of amides is 1. The molecule has 5 nitrogen and oxygen atoms in total. The number of carbonyl (C=O) groups is 2. The van der Waals surface area contributed by atoms with E-state index >= 15 is 0 Å². The van der Waals surface area contributed by atoms with Crippen molar-refractivity contribution < 1.29 is 19.4 Å². The summed E-state index contributed by atoms with van der Waals surface area (Å²) < 4.78 is 6.02. The van der Waals surface area contributed by atoms with Crippen molar-refractivity contribution >= 4 is 11.9 Å². The first-order valence-corrected chi connectivity index (χ1v) is 11.8. The molecule has 5 aliphatic rings. The fourth-order valence-corrected chi connectivity index (χ4v) is 7.10. The second kappa shape index (κ2) is 7.90. The maximum absolute atomic E-state index is 13.4. The lowest BCUT2D eigenvalue weighted by Gasteiger charge is -2.55. The number of carboxylic acids is 1. The van der Waals surface area contributed by atoms with E-state index in [1.807, 2.05) is 24.3 Å². The van der Waals surface area contributed by atoms with Gasteiger partial charge in [0.2, 0.25) is 5.91 Å². The summed E-state index contributed by atoms with van der Waals surface area (Å²) in [5.41, 5.74) is 0.515. The fraction of sp³-hybridized carbons (Fsp3) is 0.680. The first-order chi connectivity index (χ1) is 14.5. The number of rotatable bonds is 7. The minimum absolute atomic E-state index is 0.0548. The van der Waals surface area contributed by atoms with Crippen LogP contribution < -0.4 is 15.2 Å². The Kier molecular flexibility index (Phi) is 5.24. The summed E-state index contributed by atoms with van der Waals surface area (Å²) in [6, 6.07) is 7.01. The number of hydrogen-bond acceptors (Lipinski definition) is 4. The Balaban J connectivity index is 1.29. The van der Waals surface area contributed by atoms with Crippen molar-refractivity contribution in [2.24, 2.45) is 23.2 Å². The molecule has 0 unspecified atom stereocenters. The van der Waals surface area contributed by atoms with Crippen molar-refractivity contribution in [2.45, 2.75) is 82.8 Å². The SMILES string of the molecule is O=C([O-])C[C@@H](NC(=O)C12CC3CC(CC(C3)C1)C2)c1ccc(OC2CCCC2)cc1. The van der Waals surface area contributed by atoms with Gasteiger partial charge >= 0.3 is 0 Å². The van der Waals surface area contributed by atoms with Gasteiger partial charge in [-0.25, -0.2) is 0 Å². The first-order valence-electron chi connectivity index (χ1n) is 11.8. The van der Waals surface area contributed by atoms with E-state index in [0.717, 1.165) is 43.4 Å². The van der Waals surface area contributed by atoms with Gasteiger partial charge in [-0.1, -0.05) is 12.1 Å². The summed E-state index contributed by atoms with van der Waals surface area (Å²) in [6.07, 6.45) is 11.4. The topological polar surface area (TPSA) is 78.5 Å². The zero-order chi connectivity index (χ0) is 20.7. The van der Waals surface area contributed by atoms with Crippen molar-refractivity contribution in [1.82, 2.24) is 5.32 Å². The van der Waals surface area contributed by atoms with Gasteiger partial charge in [0.05, 0.1) is 12.1 Å². The maximum atomic E-state index is 13.4. The van der Waals surface area contributed by atoms with E-state index in [-0.39, 0.29) is 23.8 Å². The fourth-order valence-electron chi connectivity index (χ4n) is 7.10. The Morgan fingerprint density at radius 2 is 1.57 bits per heavy atom. The monoisotopic (exact) mass is 410 g/mol. The van der Waals surface area contributed by atoms with E-state index in [9.17, 15) is 14.7 Å². The van der Waals surface area contributed by atoms with E-state index < -0.39 is 12.0 Å². The molecule has 0 aromatic heterocycles. The molecule has 1 amide bonds. The average molecular weight is 411 g/mol. The lowest BCUT2D eigenvalue weighted by atomic mass is 9.49. The number of aliphatic carboxylic acids is 1. The molecule has 1 atom stereocenters. The molecule has 162 valence electrons. The smallest absolute Gasteiger partial charge is 0.226 e. The third-order valence-electron chi connectivity index (χ3n) is 8.08. The van der Waals surface area contributed by atoms with Gasteiger partial charge in [-0.2, -0.15) is 0 Å². The van der Waals surface area contributed by atoms with Crippen LogP contribution in [0.4, 0.5) is 0 Å². The summed E-state index contributed by atoms with van der Waals surface area (Å²) >= 11 is 0. The molecule has 0 radical (unpaired) electrons. The van der Waals surface area contributed by atoms with E-state index in [4.69, 9.17) is 4.74 Å². The molecule has 5 fully saturated rings. The van der Waals surface area contributed by atoms with Crippen LogP contribution in [-0.4, -0.2) is 18.0 Å². The molecule has 30 heavy (non-hydrogen) atoms. The molecule has 0 heterocycles. The molecule has 5 saturated carbocycles. The van der Waals surface area contributed by atoms with Crippen molar-refractivity contribution in [3.63, 3.8) is 0 Å². The number of benzene rings is 1. The molecule has 6 rings (SSSR count). The summed E-state index contributed by atoms with van der Waals surface area (Å²) in [4.78, 5) is 24.8. The largest absolute Gasteiger partial charge is 0.550 e. The third-order valence-corrected chi connectivity index (χ3v) is 8.08. The normalized spacial score (nSPS) is 33.4. The predicted molar refractivity (Wildman–Crippen MR) is 110 cm³/mol. The van der Waals surface area contributed by atoms with E-state index in [0.29, 0.717) is 17.8 Å².